The van der Waals surface area contributed by atoms with Gasteiger partial charge in [0, 0.05) is 6.54 Å². The number of aromatic nitrogens is 2. The Labute approximate surface area is 174 Å². The number of amides is 2. The minimum Gasteiger partial charge on any atom is -0.348 e. The molecule has 0 aliphatic carbocycles. The lowest BCUT2D eigenvalue weighted by molar-refractivity contribution is -0.116. The highest BCUT2D eigenvalue weighted by molar-refractivity contribution is 6.31. The van der Waals surface area contributed by atoms with Crippen molar-refractivity contribution in [2.45, 2.75) is 33.9 Å². The summed E-state index contributed by atoms with van der Waals surface area (Å²) in [5, 5.41) is 10.5. The quantitative estimate of drug-likeness (QED) is 0.644. The van der Waals surface area contributed by atoms with E-state index in [1.807, 2.05) is 38.1 Å². The van der Waals surface area contributed by atoms with Gasteiger partial charge in [0.2, 0.25) is 5.91 Å². The molecule has 2 aromatic carbocycles. The summed E-state index contributed by atoms with van der Waals surface area (Å²) in [7, 11) is 0. The lowest BCUT2D eigenvalue weighted by Crippen LogP contribution is -2.26. The van der Waals surface area contributed by atoms with E-state index in [4.69, 9.17) is 11.6 Å². The van der Waals surface area contributed by atoms with Gasteiger partial charge in [0.1, 0.15) is 6.54 Å². The third kappa shape index (κ3) is 5.03. The second kappa shape index (κ2) is 8.92. The van der Waals surface area contributed by atoms with E-state index in [0.717, 1.165) is 16.8 Å². The zero-order valence-corrected chi connectivity index (χ0v) is 17.4. The fraction of sp³-hybridized carbons (Fsp3) is 0.227. The lowest BCUT2D eigenvalue weighted by Gasteiger charge is -2.12. The highest BCUT2D eigenvalue weighted by Crippen LogP contribution is 2.19. The van der Waals surface area contributed by atoms with Crippen LogP contribution in [0.15, 0.2) is 48.5 Å². The maximum absolute atomic E-state index is 12.7. The number of aryl methyl sites for hydroxylation is 2. The van der Waals surface area contributed by atoms with E-state index < -0.39 is 0 Å². The SMILES string of the molecule is Cc1ccc(CNC(=O)c2ccccc2NC(=O)Cn2nc(C)c(Cl)c2C)cc1. The second-order valence-electron chi connectivity index (χ2n) is 6.90. The van der Waals surface area contributed by atoms with Crippen LogP contribution in [0.1, 0.15) is 32.9 Å². The normalized spacial score (nSPS) is 10.6. The van der Waals surface area contributed by atoms with E-state index in [1.54, 1.807) is 35.9 Å². The van der Waals surface area contributed by atoms with E-state index in [1.165, 1.54) is 0 Å². The molecule has 6 nitrogen and oxygen atoms in total. The van der Waals surface area contributed by atoms with E-state index in [0.29, 0.717) is 28.5 Å². The molecule has 0 atom stereocenters. The van der Waals surface area contributed by atoms with Crippen LogP contribution in [0.4, 0.5) is 5.69 Å². The number of rotatable bonds is 6. The largest absolute Gasteiger partial charge is 0.348 e. The Hall–Kier alpha value is -3.12. The van der Waals surface area contributed by atoms with Crippen LogP contribution in [-0.2, 0) is 17.9 Å². The van der Waals surface area contributed by atoms with Gasteiger partial charge in [0.05, 0.1) is 27.7 Å². The average molecular weight is 411 g/mol. The van der Waals surface area contributed by atoms with Crippen LogP contribution >= 0.6 is 11.6 Å². The molecule has 0 saturated heterocycles. The van der Waals surface area contributed by atoms with Crippen LogP contribution in [-0.4, -0.2) is 21.6 Å². The van der Waals surface area contributed by atoms with Crippen molar-refractivity contribution < 1.29 is 9.59 Å². The summed E-state index contributed by atoms with van der Waals surface area (Å²) in [4.78, 5) is 25.1. The Kier molecular flexibility index (Phi) is 6.34. The van der Waals surface area contributed by atoms with Crippen LogP contribution in [0.5, 0.6) is 0 Å². The minimum absolute atomic E-state index is 0.0126. The van der Waals surface area contributed by atoms with Crippen molar-refractivity contribution in [3.63, 3.8) is 0 Å². The molecule has 0 fully saturated rings. The Morgan fingerprint density at radius 2 is 1.72 bits per heavy atom. The number of hydrogen-bond donors (Lipinski definition) is 2. The van der Waals surface area contributed by atoms with Gasteiger partial charge in [-0.1, -0.05) is 53.6 Å². The standard InChI is InChI=1S/C22H23ClN4O2/c1-14-8-10-17(11-9-14)12-24-22(29)18-6-4-5-7-19(18)25-20(28)13-27-16(3)21(23)15(2)26-27/h4-11H,12-13H2,1-3H3,(H,24,29)(H,25,28). The van der Waals surface area contributed by atoms with Gasteiger partial charge in [-0.25, -0.2) is 0 Å². The molecule has 29 heavy (non-hydrogen) atoms. The summed E-state index contributed by atoms with van der Waals surface area (Å²) in [5.41, 5.74) is 4.42. The van der Waals surface area contributed by atoms with Crippen molar-refractivity contribution >= 4 is 29.1 Å². The molecule has 3 rings (SSSR count). The summed E-state index contributed by atoms with van der Waals surface area (Å²) in [6, 6.07) is 14.9. The summed E-state index contributed by atoms with van der Waals surface area (Å²) in [6.07, 6.45) is 0. The molecule has 0 saturated carbocycles. The number of hydrogen-bond acceptors (Lipinski definition) is 3. The third-order valence-corrected chi connectivity index (χ3v) is 5.15. The summed E-state index contributed by atoms with van der Waals surface area (Å²) in [5.74, 6) is -0.540. The first-order valence-electron chi connectivity index (χ1n) is 9.27. The Morgan fingerprint density at radius 1 is 1.03 bits per heavy atom. The zero-order valence-electron chi connectivity index (χ0n) is 16.6. The average Bonchev–Trinajstić information content (AvgIpc) is 2.94. The van der Waals surface area contributed by atoms with Crippen molar-refractivity contribution in [1.82, 2.24) is 15.1 Å². The van der Waals surface area contributed by atoms with Crippen molar-refractivity contribution in [1.29, 1.82) is 0 Å². The van der Waals surface area contributed by atoms with Crippen molar-refractivity contribution in [3.05, 3.63) is 81.6 Å². The Morgan fingerprint density at radius 3 is 2.38 bits per heavy atom. The topological polar surface area (TPSA) is 76.0 Å². The van der Waals surface area contributed by atoms with Crippen LogP contribution in [0, 0.1) is 20.8 Å². The molecule has 150 valence electrons. The van der Waals surface area contributed by atoms with Crippen LogP contribution in [0.3, 0.4) is 0 Å². The highest BCUT2D eigenvalue weighted by Gasteiger charge is 2.15. The molecule has 1 heterocycles. The van der Waals surface area contributed by atoms with Gasteiger partial charge in [-0.15, -0.1) is 0 Å². The van der Waals surface area contributed by atoms with E-state index >= 15 is 0 Å². The zero-order chi connectivity index (χ0) is 21.0. The van der Waals surface area contributed by atoms with Crippen molar-refractivity contribution in [2.75, 3.05) is 5.32 Å². The third-order valence-electron chi connectivity index (χ3n) is 4.61. The van der Waals surface area contributed by atoms with Gasteiger partial charge < -0.3 is 10.6 Å². The minimum atomic E-state index is -0.286. The second-order valence-corrected chi connectivity index (χ2v) is 7.28. The number of carbonyl (C=O) groups excluding carboxylic acids is 2. The van der Waals surface area contributed by atoms with Gasteiger partial charge >= 0.3 is 0 Å². The number of anilines is 1. The van der Waals surface area contributed by atoms with Crippen LogP contribution in [0.2, 0.25) is 5.02 Å². The molecule has 0 aliphatic heterocycles. The van der Waals surface area contributed by atoms with Crippen LogP contribution < -0.4 is 10.6 Å². The number of para-hydroxylation sites is 1. The molecule has 3 aromatic rings. The number of nitrogens with one attached hydrogen (secondary N) is 2. The van der Waals surface area contributed by atoms with E-state index in [-0.39, 0.29) is 18.4 Å². The molecule has 0 radical (unpaired) electrons. The Bertz CT molecular complexity index is 1040. The van der Waals surface area contributed by atoms with Crippen molar-refractivity contribution in [3.8, 4) is 0 Å². The summed E-state index contributed by atoms with van der Waals surface area (Å²) < 4.78 is 1.55. The van der Waals surface area contributed by atoms with Gasteiger partial charge in [-0.05, 0) is 38.5 Å². The number of nitrogens with zero attached hydrogens (tertiary/aromatic N) is 2. The highest BCUT2D eigenvalue weighted by atomic mass is 35.5. The van der Waals surface area contributed by atoms with Gasteiger partial charge in [0.15, 0.2) is 0 Å². The predicted octanol–water partition coefficient (Wildman–Crippen LogP) is 4.03. The molecular formula is C22H23ClN4O2. The van der Waals surface area contributed by atoms with Gasteiger partial charge in [0.25, 0.3) is 5.91 Å². The number of benzene rings is 2. The van der Waals surface area contributed by atoms with E-state index in [2.05, 4.69) is 15.7 Å². The molecule has 7 heteroatoms. The smallest absolute Gasteiger partial charge is 0.253 e. The molecule has 2 N–H and O–H groups in total. The maximum Gasteiger partial charge on any atom is 0.253 e. The lowest BCUT2D eigenvalue weighted by atomic mass is 10.1. The predicted molar refractivity (Wildman–Crippen MR) is 114 cm³/mol. The first-order chi connectivity index (χ1) is 13.8. The Balaban J connectivity index is 1.67. The molecule has 1 aromatic heterocycles. The molecule has 2 amide bonds. The summed E-state index contributed by atoms with van der Waals surface area (Å²) >= 11 is 6.13. The fourth-order valence-corrected chi connectivity index (χ4v) is 3.06. The number of carbonyl (C=O) groups is 2. The molecule has 0 unspecified atom stereocenters. The maximum atomic E-state index is 12.7. The molecule has 0 aliphatic rings. The van der Waals surface area contributed by atoms with E-state index in [9.17, 15) is 9.59 Å². The van der Waals surface area contributed by atoms with Gasteiger partial charge in [-0.2, -0.15) is 5.10 Å². The molecule has 0 spiro atoms. The monoisotopic (exact) mass is 410 g/mol. The van der Waals surface area contributed by atoms with Gasteiger partial charge in [-0.3, -0.25) is 14.3 Å². The first kappa shape index (κ1) is 20.6. The fourth-order valence-electron chi connectivity index (χ4n) is 2.93. The van der Waals surface area contributed by atoms with Crippen molar-refractivity contribution in [2.24, 2.45) is 0 Å². The number of halogens is 1. The summed E-state index contributed by atoms with van der Waals surface area (Å²) in [6.45, 7) is 6.03. The molecule has 0 bridgehead atoms. The van der Waals surface area contributed by atoms with Crippen LogP contribution in [0.25, 0.3) is 0 Å². The first-order valence-corrected chi connectivity index (χ1v) is 9.65. The molecular weight excluding hydrogens is 388 g/mol.